The van der Waals surface area contributed by atoms with E-state index in [2.05, 4.69) is 11.4 Å². The van der Waals surface area contributed by atoms with Crippen molar-refractivity contribution in [2.75, 3.05) is 12.3 Å². The minimum Gasteiger partial charge on any atom is -0.356 e. The first kappa shape index (κ1) is 16.9. The van der Waals surface area contributed by atoms with Gasteiger partial charge in [0.2, 0.25) is 5.91 Å². The molecule has 1 atom stereocenters. The standard InChI is InChI=1S/C18H25NO2S/c20-18(19-14-13-16-8-3-1-4-9-16)12-7-15-22(21)17-10-5-2-6-11-17/h2,5-6,8,10-11H,1,3-4,7,9,12-15H2,(H,19,20). The lowest BCUT2D eigenvalue weighted by atomic mass is 9.97. The van der Waals surface area contributed by atoms with Gasteiger partial charge in [0.25, 0.3) is 0 Å². The predicted molar refractivity (Wildman–Crippen MR) is 91.1 cm³/mol. The molecule has 1 aliphatic carbocycles. The minimum atomic E-state index is -0.999. The molecule has 1 aromatic rings. The molecule has 0 heterocycles. The van der Waals surface area contributed by atoms with E-state index in [4.69, 9.17) is 0 Å². The molecule has 4 heteroatoms. The molecule has 0 bridgehead atoms. The van der Waals surface area contributed by atoms with E-state index in [1.54, 1.807) is 0 Å². The lowest BCUT2D eigenvalue weighted by molar-refractivity contribution is -0.121. The maximum atomic E-state index is 12.0. The fourth-order valence-electron chi connectivity index (χ4n) is 2.64. The van der Waals surface area contributed by atoms with Crippen molar-refractivity contribution in [3.8, 4) is 0 Å². The molecular weight excluding hydrogens is 294 g/mol. The molecule has 0 spiro atoms. The summed E-state index contributed by atoms with van der Waals surface area (Å²) in [4.78, 5) is 12.6. The predicted octanol–water partition coefficient (Wildman–Crippen LogP) is 3.58. The van der Waals surface area contributed by atoms with Gasteiger partial charge in [-0.1, -0.05) is 29.8 Å². The summed E-state index contributed by atoms with van der Waals surface area (Å²) in [5.41, 5.74) is 1.48. The Kier molecular flexibility index (Phi) is 7.37. The van der Waals surface area contributed by atoms with E-state index in [1.165, 1.54) is 31.3 Å². The molecule has 0 aromatic heterocycles. The lowest BCUT2D eigenvalue weighted by Gasteiger charge is -2.12. The summed E-state index contributed by atoms with van der Waals surface area (Å²) >= 11 is 0. The monoisotopic (exact) mass is 319 g/mol. The molecule has 1 N–H and O–H groups in total. The topological polar surface area (TPSA) is 46.2 Å². The van der Waals surface area contributed by atoms with Crippen molar-refractivity contribution >= 4 is 16.7 Å². The Labute approximate surface area is 135 Å². The van der Waals surface area contributed by atoms with Gasteiger partial charge >= 0.3 is 0 Å². The zero-order chi connectivity index (χ0) is 15.6. The van der Waals surface area contributed by atoms with Gasteiger partial charge in [-0.3, -0.25) is 9.00 Å². The van der Waals surface area contributed by atoms with Crippen LogP contribution in [0.3, 0.4) is 0 Å². The summed E-state index contributed by atoms with van der Waals surface area (Å²) in [6.45, 7) is 0.729. The zero-order valence-electron chi connectivity index (χ0n) is 13.1. The fraction of sp³-hybridized carbons (Fsp3) is 0.500. The first-order valence-corrected chi connectivity index (χ1v) is 9.45. The SMILES string of the molecule is O=C(CCCS(=O)c1ccccc1)NCCC1=CCCCC1. The number of benzene rings is 1. The van der Waals surface area contributed by atoms with E-state index in [0.29, 0.717) is 18.6 Å². The van der Waals surface area contributed by atoms with Gasteiger partial charge in [-0.15, -0.1) is 0 Å². The van der Waals surface area contributed by atoms with Gasteiger partial charge in [0.05, 0.1) is 10.8 Å². The molecule has 1 aliphatic rings. The third kappa shape index (κ3) is 6.14. The van der Waals surface area contributed by atoms with Crippen LogP contribution in [0.15, 0.2) is 46.9 Å². The van der Waals surface area contributed by atoms with E-state index < -0.39 is 10.8 Å². The van der Waals surface area contributed by atoms with E-state index >= 15 is 0 Å². The number of amides is 1. The highest BCUT2D eigenvalue weighted by molar-refractivity contribution is 7.85. The number of carbonyl (C=O) groups is 1. The zero-order valence-corrected chi connectivity index (χ0v) is 13.9. The van der Waals surface area contributed by atoms with Crippen molar-refractivity contribution in [1.29, 1.82) is 0 Å². The lowest BCUT2D eigenvalue weighted by Crippen LogP contribution is -2.25. The number of rotatable bonds is 8. The van der Waals surface area contributed by atoms with Gasteiger partial charge in [0.15, 0.2) is 0 Å². The molecule has 1 amide bonds. The molecule has 1 unspecified atom stereocenters. The van der Waals surface area contributed by atoms with E-state index in [-0.39, 0.29) is 5.91 Å². The Morgan fingerprint density at radius 3 is 2.73 bits per heavy atom. The molecule has 3 nitrogen and oxygen atoms in total. The summed E-state index contributed by atoms with van der Waals surface area (Å²) < 4.78 is 12.0. The number of nitrogens with one attached hydrogen (secondary N) is 1. The molecule has 0 fully saturated rings. The van der Waals surface area contributed by atoms with Gasteiger partial charge in [-0.05, 0) is 50.7 Å². The first-order chi connectivity index (χ1) is 10.8. The van der Waals surface area contributed by atoms with Crippen molar-refractivity contribution in [3.05, 3.63) is 42.0 Å². The molecule has 120 valence electrons. The number of hydrogen-bond acceptors (Lipinski definition) is 2. The molecule has 0 aliphatic heterocycles. The van der Waals surface area contributed by atoms with Crippen LogP contribution >= 0.6 is 0 Å². The second-order valence-corrected chi connectivity index (χ2v) is 7.25. The van der Waals surface area contributed by atoms with Gasteiger partial charge in [-0.2, -0.15) is 0 Å². The highest BCUT2D eigenvalue weighted by atomic mass is 32.2. The van der Waals surface area contributed by atoms with Gasteiger partial charge < -0.3 is 5.32 Å². The van der Waals surface area contributed by atoms with E-state index in [1.807, 2.05) is 30.3 Å². The van der Waals surface area contributed by atoms with Crippen LogP contribution in [0.4, 0.5) is 0 Å². The average Bonchev–Trinajstić information content (AvgIpc) is 2.56. The Bertz CT molecular complexity index is 525. The summed E-state index contributed by atoms with van der Waals surface area (Å²) in [7, 11) is -0.999. The summed E-state index contributed by atoms with van der Waals surface area (Å²) in [5, 5.41) is 2.96. The van der Waals surface area contributed by atoms with Gasteiger partial charge in [0.1, 0.15) is 0 Å². The van der Waals surface area contributed by atoms with Crippen LogP contribution in [0.2, 0.25) is 0 Å². The summed E-state index contributed by atoms with van der Waals surface area (Å²) in [6.07, 6.45) is 9.37. The highest BCUT2D eigenvalue weighted by Gasteiger charge is 2.07. The molecule has 1 aromatic carbocycles. The van der Waals surface area contributed by atoms with Crippen molar-refractivity contribution in [1.82, 2.24) is 5.32 Å². The molecule has 2 rings (SSSR count). The second-order valence-electron chi connectivity index (χ2n) is 5.67. The van der Waals surface area contributed by atoms with Gasteiger partial charge in [-0.25, -0.2) is 0 Å². The van der Waals surface area contributed by atoms with E-state index in [0.717, 1.165) is 17.9 Å². The quantitative estimate of drug-likeness (QED) is 0.744. The molecule has 0 saturated heterocycles. The van der Waals surface area contributed by atoms with Crippen LogP contribution in [0.25, 0.3) is 0 Å². The third-order valence-corrected chi connectivity index (χ3v) is 5.35. The molecule has 0 saturated carbocycles. The minimum absolute atomic E-state index is 0.0708. The third-order valence-electron chi connectivity index (χ3n) is 3.89. The average molecular weight is 319 g/mol. The normalized spacial score (nSPS) is 15.9. The van der Waals surface area contributed by atoms with Crippen LogP contribution in [-0.2, 0) is 15.6 Å². The molecule has 0 radical (unpaired) electrons. The highest BCUT2D eigenvalue weighted by Crippen LogP contribution is 2.19. The van der Waals surface area contributed by atoms with Crippen molar-refractivity contribution in [2.45, 2.75) is 49.8 Å². The van der Waals surface area contributed by atoms with E-state index in [9.17, 15) is 9.00 Å². The van der Waals surface area contributed by atoms with Crippen LogP contribution in [0, 0.1) is 0 Å². The maximum Gasteiger partial charge on any atom is 0.220 e. The smallest absolute Gasteiger partial charge is 0.220 e. The van der Waals surface area contributed by atoms with Crippen LogP contribution < -0.4 is 5.32 Å². The van der Waals surface area contributed by atoms with Gasteiger partial charge in [0, 0.05) is 23.6 Å². The second kappa shape index (κ2) is 9.57. The Morgan fingerprint density at radius 2 is 2.00 bits per heavy atom. The molecule has 22 heavy (non-hydrogen) atoms. The Balaban J connectivity index is 1.57. The number of carbonyl (C=O) groups excluding carboxylic acids is 1. The fourth-order valence-corrected chi connectivity index (χ4v) is 3.74. The first-order valence-electron chi connectivity index (χ1n) is 8.14. The largest absolute Gasteiger partial charge is 0.356 e. The van der Waals surface area contributed by atoms with Crippen molar-refractivity contribution < 1.29 is 9.00 Å². The number of hydrogen-bond donors (Lipinski definition) is 1. The summed E-state index contributed by atoms with van der Waals surface area (Å²) in [5.74, 6) is 0.615. The number of allylic oxidation sites excluding steroid dienone is 1. The van der Waals surface area contributed by atoms with Crippen LogP contribution in [0.5, 0.6) is 0 Å². The van der Waals surface area contributed by atoms with Crippen LogP contribution in [0.1, 0.15) is 44.9 Å². The Hall–Kier alpha value is -1.42. The Morgan fingerprint density at radius 1 is 1.18 bits per heavy atom. The van der Waals surface area contributed by atoms with Crippen LogP contribution in [-0.4, -0.2) is 22.4 Å². The molecular formula is C18H25NO2S. The maximum absolute atomic E-state index is 12.0. The van der Waals surface area contributed by atoms with Crippen molar-refractivity contribution in [2.24, 2.45) is 0 Å². The van der Waals surface area contributed by atoms with Crippen molar-refractivity contribution in [3.63, 3.8) is 0 Å². The summed E-state index contributed by atoms with van der Waals surface area (Å²) in [6, 6.07) is 9.43.